The minimum atomic E-state index is -0.939. The van der Waals surface area contributed by atoms with Crippen molar-refractivity contribution in [2.75, 3.05) is 6.61 Å². The number of aliphatic carboxylic acids is 1. The Morgan fingerprint density at radius 2 is 1.81 bits per heavy atom. The van der Waals surface area contributed by atoms with Gasteiger partial charge in [-0.1, -0.05) is 45.0 Å². The Labute approximate surface area is 96.1 Å². The summed E-state index contributed by atoms with van der Waals surface area (Å²) in [4.78, 5) is 10.3. The summed E-state index contributed by atoms with van der Waals surface area (Å²) in [5.74, 6) is -0.939. The van der Waals surface area contributed by atoms with Crippen molar-refractivity contribution < 1.29 is 14.6 Å². The fourth-order valence-electron chi connectivity index (χ4n) is 1.36. The first-order valence-electron chi connectivity index (χ1n) is 5.28. The standard InChI is InChI=1S/C13H18O3/c1-13(2,3)11-6-4-10(5-7-11)8-16-9-12(14)15/h4-7H,8-9H2,1-3H3,(H,14,15). The van der Waals surface area contributed by atoms with Crippen molar-refractivity contribution in [3.05, 3.63) is 35.4 Å². The molecule has 0 aliphatic carbocycles. The molecule has 0 radical (unpaired) electrons. The Kier molecular flexibility index (Phi) is 4.07. The Balaban J connectivity index is 2.55. The number of hydrogen-bond acceptors (Lipinski definition) is 2. The van der Waals surface area contributed by atoms with Gasteiger partial charge in [-0.25, -0.2) is 4.79 Å². The molecule has 3 heteroatoms. The van der Waals surface area contributed by atoms with Crippen LogP contribution in [0.5, 0.6) is 0 Å². The Morgan fingerprint density at radius 3 is 2.25 bits per heavy atom. The van der Waals surface area contributed by atoms with Crippen molar-refractivity contribution in [3.63, 3.8) is 0 Å². The van der Waals surface area contributed by atoms with Gasteiger partial charge in [-0.15, -0.1) is 0 Å². The maximum atomic E-state index is 10.3. The molecular formula is C13H18O3. The minimum Gasteiger partial charge on any atom is -0.480 e. The van der Waals surface area contributed by atoms with E-state index in [9.17, 15) is 4.79 Å². The highest BCUT2D eigenvalue weighted by molar-refractivity contribution is 5.67. The second-order valence-corrected chi connectivity index (χ2v) is 4.83. The summed E-state index contributed by atoms with van der Waals surface area (Å²) in [5, 5.41) is 8.42. The average molecular weight is 222 g/mol. The molecule has 0 aliphatic rings. The Bertz CT molecular complexity index is 346. The number of carboxylic acid groups (broad SMARTS) is 1. The molecule has 0 amide bonds. The summed E-state index contributed by atoms with van der Waals surface area (Å²) in [6.45, 7) is 6.56. The topological polar surface area (TPSA) is 46.5 Å². The molecule has 1 N–H and O–H groups in total. The lowest BCUT2D eigenvalue weighted by atomic mass is 9.87. The molecular weight excluding hydrogens is 204 g/mol. The Hall–Kier alpha value is -1.35. The molecule has 0 saturated carbocycles. The van der Waals surface area contributed by atoms with Crippen LogP contribution in [0, 0.1) is 0 Å². The third kappa shape index (κ3) is 4.03. The third-order valence-electron chi connectivity index (χ3n) is 2.31. The van der Waals surface area contributed by atoms with Crippen LogP contribution >= 0.6 is 0 Å². The Morgan fingerprint density at radius 1 is 1.25 bits per heavy atom. The fraction of sp³-hybridized carbons (Fsp3) is 0.462. The summed E-state index contributed by atoms with van der Waals surface area (Å²) >= 11 is 0. The van der Waals surface area contributed by atoms with Gasteiger partial charge in [0.2, 0.25) is 0 Å². The van der Waals surface area contributed by atoms with E-state index in [2.05, 4.69) is 32.9 Å². The zero-order valence-corrected chi connectivity index (χ0v) is 9.99. The van der Waals surface area contributed by atoms with Crippen molar-refractivity contribution in [1.29, 1.82) is 0 Å². The molecule has 1 aromatic rings. The maximum Gasteiger partial charge on any atom is 0.329 e. The number of carbonyl (C=O) groups is 1. The molecule has 0 aliphatic heterocycles. The van der Waals surface area contributed by atoms with Crippen molar-refractivity contribution in [2.24, 2.45) is 0 Å². The summed E-state index contributed by atoms with van der Waals surface area (Å²) in [7, 11) is 0. The first-order chi connectivity index (χ1) is 7.39. The van der Waals surface area contributed by atoms with E-state index in [1.807, 2.05) is 12.1 Å². The van der Waals surface area contributed by atoms with Crippen molar-refractivity contribution in [3.8, 4) is 0 Å². The molecule has 0 atom stereocenters. The zero-order chi connectivity index (χ0) is 12.2. The van der Waals surface area contributed by atoms with Gasteiger partial charge < -0.3 is 9.84 Å². The SMILES string of the molecule is CC(C)(C)c1ccc(COCC(=O)O)cc1. The molecule has 0 aromatic heterocycles. The highest BCUT2D eigenvalue weighted by Crippen LogP contribution is 2.22. The van der Waals surface area contributed by atoms with Crippen molar-refractivity contribution in [1.82, 2.24) is 0 Å². The average Bonchev–Trinajstić information content (AvgIpc) is 2.16. The van der Waals surface area contributed by atoms with Gasteiger partial charge in [0.1, 0.15) is 6.61 Å². The predicted molar refractivity (Wildman–Crippen MR) is 62.4 cm³/mol. The number of hydrogen-bond donors (Lipinski definition) is 1. The van der Waals surface area contributed by atoms with Gasteiger partial charge in [0.15, 0.2) is 0 Å². The van der Waals surface area contributed by atoms with E-state index in [-0.39, 0.29) is 12.0 Å². The highest BCUT2D eigenvalue weighted by atomic mass is 16.5. The third-order valence-corrected chi connectivity index (χ3v) is 2.31. The lowest BCUT2D eigenvalue weighted by Gasteiger charge is -2.19. The lowest BCUT2D eigenvalue weighted by molar-refractivity contribution is -0.142. The molecule has 0 bridgehead atoms. The van der Waals surface area contributed by atoms with E-state index in [0.717, 1.165) is 5.56 Å². The van der Waals surface area contributed by atoms with E-state index >= 15 is 0 Å². The van der Waals surface area contributed by atoms with Crippen LogP contribution in [0.2, 0.25) is 0 Å². The number of benzene rings is 1. The van der Waals surface area contributed by atoms with E-state index in [1.165, 1.54) is 5.56 Å². The van der Waals surface area contributed by atoms with E-state index in [0.29, 0.717) is 6.61 Å². The zero-order valence-electron chi connectivity index (χ0n) is 9.99. The summed E-state index contributed by atoms with van der Waals surface area (Å²) in [6, 6.07) is 8.06. The van der Waals surface area contributed by atoms with Crippen LogP contribution in [0.25, 0.3) is 0 Å². The second kappa shape index (κ2) is 5.12. The molecule has 0 saturated heterocycles. The van der Waals surface area contributed by atoms with E-state index < -0.39 is 5.97 Å². The van der Waals surface area contributed by atoms with Gasteiger partial charge in [-0.3, -0.25) is 0 Å². The van der Waals surface area contributed by atoms with Gasteiger partial charge in [-0.05, 0) is 16.5 Å². The first-order valence-corrected chi connectivity index (χ1v) is 5.28. The molecule has 0 heterocycles. The summed E-state index contributed by atoms with van der Waals surface area (Å²) in [5.41, 5.74) is 2.39. The van der Waals surface area contributed by atoms with Gasteiger partial charge in [0.25, 0.3) is 0 Å². The van der Waals surface area contributed by atoms with Crippen molar-refractivity contribution >= 4 is 5.97 Å². The number of carboxylic acids is 1. The smallest absolute Gasteiger partial charge is 0.329 e. The minimum absolute atomic E-state index is 0.139. The fourth-order valence-corrected chi connectivity index (χ4v) is 1.36. The number of ether oxygens (including phenoxy) is 1. The van der Waals surface area contributed by atoms with Gasteiger partial charge in [0, 0.05) is 0 Å². The van der Waals surface area contributed by atoms with Gasteiger partial charge in [-0.2, -0.15) is 0 Å². The molecule has 0 fully saturated rings. The van der Waals surface area contributed by atoms with Gasteiger partial charge in [0.05, 0.1) is 6.61 Å². The number of rotatable bonds is 4. The predicted octanol–water partition coefficient (Wildman–Crippen LogP) is 2.59. The van der Waals surface area contributed by atoms with E-state index in [1.54, 1.807) is 0 Å². The van der Waals surface area contributed by atoms with Gasteiger partial charge >= 0.3 is 5.97 Å². The van der Waals surface area contributed by atoms with Crippen LogP contribution in [-0.2, 0) is 21.6 Å². The van der Waals surface area contributed by atoms with Crippen LogP contribution in [-0.4, -0.2) is 17.7 Å². The van der Waals surface area contributed by atoms with Crippen LogP contribution in [0.3, 0.4) is 0 Å². The molecule has 0 spiro atoms. The largest absolute Gasteiger partial charge is 0.480 e. The summed E-state index contributed by atoms with van der Waals surface area (Å²) in [6.07, 6.45) is 0. The normalized spacial score (nSPS) is 11.4. The van der Waals surface area contributed by atoms with Crippen LogP contribution < -0.4 is 0 Å². The first kappa shape index (κ1) is 12.7. The molecule has 1 rings (SSSR count). The highest BCUT2D eigenvalue weighted by Gasteiger charge is 2.12. The monoisotopic (exact) mass is 222 g/mol. The van der Waals surface area contributed by atoms with Crippen LogP contribution in [0.4, 0.5) is 0 Å². The molecule has 1 aromatic carbocycles. The maximum absolute atomic E-state index is 10.3. The molecule has 16 heavy (non-hydrogen) atoms. The summed E-state index contributed by atoms with van der Waals surface area (Å²) < 4.78 is 5.01. The van der Waals surface area contributed by atoms with Crippen molar-refractivity contribution in [2.45, 2.75) is 32.8 Å². The van der Waals surface area contributed by atoms with Crippen LogP contribution in [0.15, 0.2) is 24.3 Å². The second-order valence-electron chi connectivity index (χ2n) is 4.83. The molecule has 0 unspecified atom stereocenters. The quantitative estimate of drug-likeness (QED) is 0.851. The molecule has 88 valence electrons. The van der Waals surface area contributed by atoms with Crippen LogP contribution in [0.1, 0.15) is 31.9 Å². The van der Waals surface area contributed by atoms with E-state index in [4.69, 9.17) is 9.84 Å². The lowest BCUT2D eigenvalue weighted by Crippen LogP contribution is -2.11. The molecule has 3 nitrogen and oxygen atoms in total.